The van der Waals surface area contributed by atoms with Crippen molar-refractivity contribution in [2.75, 3.05) is 7.11 Å². The molecule has 3 rings (SSSR count). The van der Waals surface area contributed by atoms with Crippen molar-refractivity contribution in [1.29, 1.82) is 0 Å². The second-order valence-corrected chi connectivity index (χ2v) is 4.37. The van der Waals surface area contributed by atoms with Crippen LogP contribution in [-0.4, -0.2) is 23.8 Å². The monoisotopic (exact) mass is 281 g/mol. The fourth-order valence-corrected chi connectivity index (χ4v) is 2.09. The van der Waals surface area contributed by atoms with E-state index in [0.717, 1.165) is 5.39 Å². The number of para-hydroxylation sites is 1. The minimum atomic E-state index is -0.620. The Balaban J connectivity index is 2.05. The van der Waals surface area contributed by atoms with E-state index in [0.29, 0.717) is 11.1 Å². The lowest BCUT2D eigenvalue weighted by Crippen LogP contribution is -2.02. The summed E-state index contributed by atoms with van der Waals surface area (Å²) >= 11 is 0. The van der Waals surface area contributed by atoms with E-state index in [1.165, 1.54) is 19.2 Å². The highest BCUT2D eigenvalue weighted by molar-refractivity contribution is 6.14. The third kappa shape index (κ3) is 2.29. The molecule has 0 fully saturated rings. The van der Waals surface area contributed by atoms with Gasteiger partial charge in [-0.2, -0.15) is 0 Å². The van der Waals surface area contributed by atoms with Crippen molar-refractivity contribution in [3.8, 4) is 0 Å². The van der Waals surface area contributed by atoms with Gasteiger partial charge in [0, 0.05) is 11.6 Å². The van der Waals surface area contributed by atoms with Crippen LogP contribution in [0.3, 0.4) is 0 Å². The van der Waals surface area contributed by atoms with Crippen LogP contribution < -0.4 is 0 Å². The van der Waals surface area contributed by atoms with E-state index >= 15 is 0 Å². The van der Waals surface area contributed by atoms with Crippen molar-refractivity contribution in [3.63, 3.8) is 0 Å². The van der Waals surface area contributed by atoms with Crippen LogP contribution in [0.4, 0.5) is 0 Å². The zero-order chi connectivity index (χ0) is 14.8. The van der Waals surface area contributed by atoms with Crippen molar-refractivity contribution >= 4 is 22.7 Å². The van der Waals surface area contributed by atoms with Crippen molar-refractivity contribution in [2.45, 2.75) is 0 Å². The van der Waals surface area contributed by atoms with Gasteiger partial charge in [-0.05, 0) is 24.3 Å². The highest BCUT2D eigenvalue weighted by Gasteiger charge is 2.19. The van der Waals surface area contributed by atoms with Gasteiger partial charge in [0.05, 0.1) is 18.2 Å². The zero-order valence-electron chi connectivity index (χ0n) is 11.2. The number of ketones is 1. The van der Waals surface area contributed by atoms with Crippen molar-refractivity contribution < 1.29 is 18.7 Å². The first-order chi connectivity index (χ1) is 10.2. The molecule has 0 saturated carbocycles. The molecule has 0 radical (unpaired) electrons. The Morgan fingerprint density at radius 1 is 1.05 bits per heavy atom. The average molecular weight is 281 g/mol. The summed E-state index contributed by atoms with van der Waals surface area (Å²) in [5, 5.41) is 0.864. The fraction of sp³-hybridized carbons (Fsp3) is 0.0625. The molecule has 0 aliphatic heterocycles. The van der Waals surface area contributed by atoms with E-state index in [4.69, 9.17) is 4.42 Å². The molecular formula is C16H11NO4. The second-order valence-electron chi connectivity index (χ2n) is 4.37. The van der Waals surface area contributed by atoms with Gasteiger partial charge in [-0.1, -0.05) is 18.2 Å². The van der Waals surface area contributed by atoms with Gasteiger partial charge in [0.2, 0.25) is 11.5 Å². The van der Waals surface area contributed by atoms with Gasteiger partial charge >= 0.3 is 5.97 Å². The molecule has 3 aromatic rings. The number of fused-ring (bicyclic) bond motifs is 1. The van der Waals surface area contributed by atoms with Gasteiger partial charge in [0.1, 0.15) is 0 Å². The molecule has 5 nitrogen and oxygen atoms in total. The summed E-state index contributed by atoms with van der Waals surface area (Å²) in [6, 6.07) is 11.9. The van der Waals surface area contributed by atoms with E-state index in [9.17, 15) is 9.59 Å². The molecule has 0 bridgehead atoms. The number of rotatable bonds is 3. The molecule has 0 aliphatic carbocycles. The summed E-state index contributed by atoms with van der Waals surface area (Å²) in [7, 11) is 1.25. The topological polar surface area (TPSA) is 69.4 Å². The molecule has 0 saturated heterocycles. The van der Waals surface area contributed by atoms with Gasteiger partial charge < -0.3 is 9.15 Å². The number of ether oxygens (including phenoxy) is 1. The molecule has 2 aromatic heterocycles. The van der Waals surface area contributed by atoms with Crippen LogP contribution in [0, 0.1) is 0 Å². The Kier molecular flexibility index (Phi) is 3.23. The third-order valence-electron chi connectivity index (χ3n) is 3.09. The zero-order valence-corrected chi connectivity index (χ0v) is 11.2. The van der Waals surface area contributed by atoms with E-state index in [1.54, 1.807) is 24.4 Å². The molecular weight excluding hydrogens is 270 g/mol. The van der Waals surface area contributed by atoms with Crippen LogP contribution in [0.15, 0.2) is 53.1 Å². The number of nitrogens with zero attached hydrogens (tertiary/aromatic N) is 1. The maximum atomic E-state index is 12.5. The van der Waals surface area contributed by atoms with Gasteiger partial charge in [0.15, 0.2) is 5.76 Å². The van der Waals surface area contributed by atoms with Crippen LogP contribution >= 0.6 is 0 Å². The Morgan fingerprint density at radius 3 is 2.62 bits per heavy atom. The van der Waals surface area contributed by atoms with Gasteiger partial charge in [-0.15, -0.1) is 0 Å². The Morgan fingerprint density at radius 2 is 1.81 bits per heavy atom. The van der Waals surface area contributed by atoms with Crippen LogP contribution in [0.25, 0.3) is 10.9 Å². The van der Waals surface area contributed by atoms with Gasteiger partial charge in [-0.25, -0.2) is 4.79 Å². The Labute approximate surface area is 120 Å². The van der Waals surface area contributed by atoms with E-state index in [1.807, 2.05) is 12.1 Å². The number of carbonyl (C=O) groups is 2. The molecule has 104 valence electrons. The third-order valence-corrected chi connectivity index (χ3v) is 3.09. The van der Waals surface area contributed by atoms with Crippen LogP contribution in [0.1, 0.15) is 26.7 Å². The molecule has 0 aliphatic rings. The summed E-state index contributed by atoms with van der Waals surface area (Å²) in [6.07, 6.45) is 1.63. The lowest BCUT2D eigenvalue weighted by molar-refractivity contribution is 0.0563. The first-order valence-electron chi connectivity index (χ1n) is 6.27. The van der Waals surface area contributed by atoms with Crippen molar-refractivity contribution in [3.05, 3.63) is 65.7 Å². The molecule has 0 N–H and O–H groups in total. The molecule has 0 unspecified atom stereocenters. The second kappa shape index (κ2) is 5.20. The number of benzene rings is 1. The summed E-state index contributed by atoms with van der Waals surface area (Å²) < 4.78 is 9.80. The van der Waals surface area contributed by atoms with Gasteiger partial charge in [0.25, 0.3) is 0 Å². The first-order valence-corrected chi connectivity index (χ1v) is 6.27. The number of methoxy groups -OCH3 is 1. The largest absolute Gasteiger partial charge is 0.463 e. The number of aromatic nitrogens is 1. The number of carbonyl (C=O) groups excluding carboxylic acids is 2. The number of pyridine rings is 1. The summed E-state index contributed by atoms with van der Waals surface area (Å²) in [5.41, 5.74) is 1.03. The predicted molar refractivity (Wildman–Crippen MR) is 75.2 cm³/mol. The number of hydrogen-bond donors (Lipinski definition) is 0. The minimum absolute atomic E-state index is 0.00551. The van der Waals surface area contributed by atoms with Crippen LogP contribution in [0.2, 0.25) is 0 Å². The number of furan rings is 1. The maximum Gasteiger partial charge on any atom is 0.373 e. The highest BCUT2D eigenvalue weighted by Crippen LogP contribution is 2.20. The first kappa shape index (κ1) is 13.1. The van der Waals surface area contributed by atoms with E-state index < -0.39 is 5.97 Å². The van der Waals surface area contributed by atoms with E-state index in [2.05, 4.69) is 9.72 Å². The summed E-state index contributed by atoms with van der Waals surface area (Å²) in [4.78, 5) is 28.1. The molecule has 0 spiro atoms. The van der Waals surface area contributed by atoms with Crippen LogP contribution in [0.5, 0.6) is 0 Å². The molecule has 1 aromatic carbocycles. The molecule has 21 heavy (non-hydrogen) atoms. The van der Waals surface area contributed by atoms with Crippen molar-refractivity contribution in [2.24, 2.45) is 0 Å². The van der Waals surface area contributed by atoms with Crippen molar-refractivity contribution in [1.82, 2.24) is 4.98 Å². The Bertz CT molecular complexity index is 830. The fourth-order valence-electron chi connectivity index (χ4n) is 2.09. The maximum absolute atomic E-state index is 12.5. The highest BCUT2D eigenvalue weighted by atomic mass is 16.5. The normalized spacial score (nSPS) is 10.5. The summed E-state index contributed by atoms with van der Waals surface area (Å²) in [6.45, 7) is 0. The lowest BCUT2D eigenvalue weighted by atomic mass is 10.0. The smallest absolute Gasteiger partial charge is 0.373 e. The average Bonchev–Trinajstić information content (AvgIpc) is 3.03. The molecule has 5 heteroatoms. The minimum Gasteiger partial charge on any atom is -0.463 e. The predicted octanol–water partition coefficient (Wildman–Crippen LogP) is 2.85. The van der Waals surface area contributed by atoms with E-state index in [-0.39, 0.29) is 17.3 Å². The van der Waals surface area contributed by atoms with Crippen LogP contribution in [-0.2, 0) is 4.74 Å². The Hall–Kier alpha value is -2.95. The standard InChI is InChI=1S/C16H11NO4/c1-20-16(19)13-8-7-12(21-13)15(18)11-6-2-4-10-5-3-9-17-14(10)11/h2-9H,1H3. The SMILES string of the molecule is COC(=O)c1ccc(C(=O)c2cccc3cccnc23)o1. The summed E-state index contributed by atoms with van der Waals surface area (Å²) in [5.74, 6) is -0.873. The number of esters is 1. The number of hydrogen-bond acceptors (Lipinski definition) is 5. The quantitative estimate of drug-likeness (QED) is 0.545. The molecule has 2 heterocycles. The molecule has 0 amide bonds. The molecule has 0 atom stereocenters. The van der Waals surface area contributed by atoms with Gasteiger partial charge in [-0.3, -0.25) is 9.78 Å². The lowest BCUT2D eigenvalue weighted by Gasteiger charge is -2.02.